The predicted molar refractivity (Wildman–Crippen MR) is 142 cm³/mol. The lowest BCUT2D eigenvalue weighted by atomic mass is 9.96. The summed E-state index contributed by atoms with van der Waals surface area (Å²) in [5, 5.41) is 5.50. The number of halogens is 4. The second-order valence-electron chi connectivity index (χ2n) is 9.46. The van der Waals surface area contributed by atoms with E-state index in [-0.39, 0.29) is 63.8 Å². The van der Waals surface area contributed by atoms with Crippen molar-refractivity contribution in [3.8, 4) is 0 Å². The lowest BCUT2D eigenvalue weighted by Gasteiger charge is -2.33. The number of piperidine rings is 1. The molecule has 0 saturated carbocycles. The second-order valence-corrected chi connectivity index (χ2v) is 12.1. The first-order valence-electron chi connectivity index (χ1n) is 12.5. The van der Waals surface area contributed by atoms with Gasteiger partial charge in [-0.05, 0) is 66.8 Å². The maximum Gasteiger partial charge on any atom is 0.416 e. The molecule has 1 atom stereocenters. The molecule has 39 heavy (non-hydrogen) atoms. The Morgan fingerprint density at radius 3 is 2.54 bits per heavy atom. The van der Waals surface area contributed by atoms with Gasteiger partial charge in [0.25, 0.3) is 5.91 Å². The molecule has 0 aliphatic carbocycles. The van der Waals surface area contributed by atoms with Gasteiger partial charge < -0.3 is 16.4 Å². The van der Waals surface area contributed by atoms with Crippen molar-refractivity contribution in [2.24, 2.45) is 11.7 Å². The summed E-state index contributed by atoms with van der Waals surface area (Å²) in [6, 6.07) is 7.60. The van der Waals surface area contributed by atoms with E-state index in [4.69, 9.17) is 17.3 Å². The normalized spacial score (nSPS) is 16.6. The molecule has 13 heteroatoms. The standard InChI is InChI=1S/C26H32ClF3N4O4S/c1-2-39(37,38)23-8-7-21(27)10-20(23)14-33-25(36)18-5-6-19(22(11-18)26(28,29)30)16-34-9-3-4-17(15-34)13-32-24(35)12-31/h5-8,10-11,17H,2-4,9,12-16,31H2,1H3,(H,32,35)(H,33,36)/t17-/m1/s1. The van der Waals surface area contributed by atoms with Crippen molar-refractivity contribution in [1.29, 1.82) is 0 Å². The molecule has 2 aromatic carbocycles. The Kier molecular flexibility index (Phi) is 10.4. The summed E-state index contributed by atoms with van der Waals surface area (Å²) in [6.45, 7) is 2.72. The van der Waals surface area contributed by atoms with E-state index in [1.54, 1.807) is 0 Å². The van der Waals surface area contributed by atoms with Crippen LogP contribution in [0.3, 0.4) is 0 Å². The average Bonchev–Trinajstić information content (AvgIpc) is 2.90. The van der Waals surface area contributed by atoms with Crippen molar-refractivity contribution >= 4 is 33.3 Å². The van der Waals surface area contributed by atoms with E-state index in [1.807, 2.05) is 4.90 Å². The van der Waals surface area contributed by atoms with Crippen molar-refractivity contribution < 1.29 is 31.2 Å². The summed E-state index contributed by atoms with van der Waals surface area (Å²) in [5.74, 6) is -1.12. The maximum atomic E-state index is 14.0. The van der Waals surface area contributed by atoms with Crippen LogP contribution >= 0.6 is 11.6 Å². The number of nitrogens with two attached hydrogens (primary N) is 1. The summed E-state index contributed by atoms with van der Waals surface area (Å²) < 4.78 is 66.8. The van der Waals surface area contributed by atoms with Gasteiger partial charge in [-0.3, -0.25) is 14.5 Å². The third-order valence-corrected chi connectivity index (χ3v) is 8.69. The van der Waals surface area contributed by atoms with Crippen LogP contribution in [-0.4, -0.2) is 57.1 Å². The van der Waals surface area contributed by atoms with Gasteiger partial charge in [0.15, 0.2) is 9.84 Å². The number of benzene rings is 2. The van der Waals surface area contributed by atoms with E-state index in [9.17, 15) is 31.2 Å². The first-order chi connectivity index (χ1) is 18.3. The number of hydrogen-bond acceptors (Lipinski definition) is 6. The van der Waals surface area contributed by atoms with Crippen LogP contribution in [0.2, 0.25) is 5.02 Å². The molecule has 0 bridgehead atoms. The van der Waals surface area contributed by atoms with Gasteiger partial charge in [0, 0.05) is 36.8 Å². The quantitative estimate of drug-likeness (QED) is 0.391. The fourth-order valence-corrected chi connectivity index (χ4v) is 5.89. The minimum atomic E-state index is -4.69. The fraction of sp³-hybridized carbons (Fsp3) is 0.462. The van der Waals surface area contributed by atoms with Gasteiger partial charge in [-0.15, -0.1) is 0 Å². The highest BCUT2D eigenvalue weighted by molar-refractivity contribution is 7.91. The first kappa shape index (κ1) is 30.9. The number of alkyl halides is 3. The molecule has 214 valence electrons. The lowest BCUT2D eigenvalue weighted by Crippen LogP contribution is -2.42. The smallest absolute Gasteiger partial charge is 0.355 e. The zero-order valence-corrected chi connectivity index (χ0v) is 23.1. The zero-order chi connectivity index (χ0) is 28.8. The van der Waals surface area contributed by atoms with Crippen molar-refractivity contribution in [2.75, 3.05) is 31.9 Å². The molecule has 2 aromatic rings. The number of nitrogens with one attached hydrogen (secondary N) is 2. The Balaban J connectivity index is 1.75. The molecule has 2 amide bonds. The Hall–Kier alpha value is -2.67. The third-order valence-electron chi connectivity index (χ3n) is 6.62. The fourth-order valence-electron chi connectivity index (χ4n) is 4.57. The highest BCUT2D eigenvalue weighted by Crippen LogP contribution is 2.34. The molecule has 1 aliphatic heterocycles. The molecule has 0 spiro atoms. The molecule has 4 N–H and O–H groups in total. The number of likely N-dealkylation sites (tertiary alicyclic amines) is 1. The van der Waals surface area contributed by atoms with Gasteiger partial charge in [-0.1, -0.05) is 24.6 Å². The number of carbonyl (C=O) groups is 2. The largest absolute Gasteiger partial charge is 0.416 e. The average molecular weight is 589 g/mol. The number of amides is 2. The van der Waals surface area contributed by atoms with Crippen molar-refractivity contribution in [3.63, 3.8) is 0 Å². The van der Waals surface area contributed by atoms with Gasteiger partial charge in [-0.25, -0.2) is 8.42 Å². The van der Waals surface area contributed by atoms with E-state index in [0.717, 1.165) is 18.9 Å². The Labute approximate surface area is 231 Å². The van der Waals surface area contributed by atoms with Crippen LogP contribution in [0.15, 0.2) is 41.3 Å². The molecular weight excluding hydrogens is 557 g/mol. The first-order valence-corrected chi connectivity index (χ1v) is 14.6. The maximum absolute atomic E-state index is 14.0. The predicted octanol–water partition coefficient (Wildman–Crippen LogP) is 3.37. The number of carbonyl (C=O) groups excluding carboxylic acids is 2. The molecular formula is C26H32ClF3N4O4S. The summed E-state index contributed by atoms with van der Waals surface area (Å²) in [7, 11) is -3.61. The monoisotopic (exact) mass is 588 g/mol. The van der Waals surface area contributed by atoms with Gasteiger partial charge in [0.05, 0.1) is 22.8 Å². The molecule has 1 heterocycles. The summed E-state index contributed by atoms with van der Waals surface area (Å²) >= 11 is 6.00. The minimum Gasteiger partial charge on any atom is -0.355 e. The van der Waals surface area contributed by atoms with E-state index >= 15 is 0 Å². The second kappa shape index (κ2) is 13.1. The van der Waals surface area contributed by atoms with Crippen LogP contribution in [0.5, 0.6) is 0 Å². The Bertz CT molecular complexity index is 1300. The van der Waals surface area contributed by atoms with Crippen LogP contribution in [0, 0.1) is 5.92 Å². The van der Waals surface area contributed by atoms with E-state index in [0.29, 0.717) is 19.6 Å². The molecule has 1 aliphatic rings. The van der Waals surface area contributed by atoms with Crippen LogP contribution < -0.4 is 16.4 Å². The molecule has 1 fully saturated rings. The van der Waals surface area contributed by atoms with Crippen molar-refractivity contribution in [3.05, 3.63) is 63.7 Å². The molecule has 3 rings (SSSR count). The minimum absolute atomic E-state index is 0.00320. The van der Waals surface area contributed by atoms with Gasteiger partial charge >= 0.3 is 6.18 Å². The number of rotatable bonds is 10. The highest BCUT2D eigenvalue weighted by atomic mass is 35.5. The summed E-state index contributed by atoms with van der Waals surface area (Å²) in [5.41, 5.74) is 4.48. The highest BCUT2D eigenvalue weighted by Gasteiger charge is 2.35. The number of sulfone groups is 1. The van der Waals surface area contributed by atoms with Crippen LogP contribution in [0.25, 0.3) is 0 Å². The Morgan fingerprint density at radius 1 is 1.13 bits per heavy atom. The van der Waals surface area contributed by atoms with Crippen molar-refractivity contribution in [1.82, 2.24) is 15.5 Å². The lowest BCUT2D eigenvalue weighted by molar-refractivity contribution is -0.138. The SMILES string of the molecule is CCS(=O)(=O)c1ccc(Cl)cc1CNC(=O)c1ccc(CN2CCC[C@H](CNC(=O)CN)C2)c(C(F)(F)F)c1. The van der Waals surface area contributed by atoms with Crippen LogP contribution in [0.4, 0.5) is 13.2 Å². The van der Waals surface area contributed by atoms with Crippen molar-refractivity contribution in [2.45, 2.75) is 43.9 Å². The van der Waals surface area contributed by atoms with E-state index in [2.05, 4.69) is 10.6 Å². The summed E-state index contributed by atoms with van der Waals surface area (Å²) in [4.78, 5) is 26.1. The molecule has 0 radical (unpaired) electrons. The van der Waals surface area contributed by atoms with E-state index < -0.39 is 27.5 Å². The van der Waals surface area contributed by atoms with Crippen LogP contribution in [0.1, 0.15) is 46.8 Å². The van der Waals surface area contributed by atoms with Gasteiger partial charge in [-0.2, -0.15) is 13.2 Å². The summed E-state index contributed by atoms with van der Waals surface area (Å²) in [6.07, 6.45) is -3.06. The molecule has 0 unspecified atom stereocenters. The van der Waals surface area contributed by atoms with E-state index in [1.165, 1.54) is 37.3 Å². The van der Waals surface area contributed by atoms with Gasteiger partial charge in [0.2, 0.25) is 5.91 Å². The zero-order valence-electron chi connectivity index (χ0n) is 21.5. The Morgan fingerprint density at radius 2 is 1.87 bits per heavy atom. The molecule has 8 nitrogen and oxygen atoms in total. The topological polar surface area (TPSA) is 122 Å². The third kappa shape index (κ3) is 8.41. The number of hydrogen-bond donors (Lipinski definition) is 3. The molecule has 0 aromatic heterocycles. The molecule has 1 saturated heterocycles. The number of nitrogens with zero attached hydrogens (tertiary/aromatic N) is 1. The van der Waals surface area contributed by atoms with Gasteiger partial charge in [0.1, 0.15) is 0 Å². The van der Waals surface area contributed by atoms with Crippen LogP contribution in [-0.2, 0) is 33.9 Å².